The van der Waals surface area contributed by atoms with Crippen molar-refractivity contribution < 1.29 is 32.2 Å². The minimum atomic E-state index is -4.72. The molecule has 1 aliphatic carbocycles. The van der Waals surface area contributed by atoms with Gasteiger partial charge in [0.25, 0.3) is 0 Å². The SMILES string of the molecule is Cc1ccc([C@H](CC(=O)N2CCOCC2)C(=O)N[C@H](CNC2=CC=C(OC(F)(F)F)C(C)C2)C(C)C)cc1. The van der Waals surface area contributed by atoms with E-state index in [1.165, 1.54) is 6.08 Å². The van der Waals surface area contributed by atoms with Gasteiger partial charge in [-0.25, -0.2) is 0 Å². The van der Waals surface area contributed by atoms with Crippen molar-refractivity contribution in [3.8, 4) is 0 Å². The van der Waals surface area contributed by atoms with E-state index in [2.05, 4.69) is 15.4 Å². The molecule has 3 rings (SSSR count). The van der Waals surface area contributed by atoms with E-state index in [-0.39, 0.29) is 36.0 Å². The zero-order valence-corrected chi connectivity index (χ0v) is 22.4. The fraction of sp³-hybridized carbons (Fsp3) is 0.571. The van der Waals surface area contributed by atoms with E-state index in [1.807, 2.05) is 45.0 Å². The fourth-order valence-electron chi connectivity index (χ4n) is 4.50. The molecule has 7 nitrogen and oxygen atoms in total. The average Bonchev–Trinajstić information content (AvgIpc) is 2.86. The van der Waals surface area contributed by atoms with Crippen LogP contribution in [-0.4, -0.2) is 62.0 Å². The molecule has 2 N–H and O–H groups in total. The first-order valence-electron chi connectivity index (χ1n) is 13.1. The van der Waals surface area contributed by atoms with Crippen molar-refractivity contribution in [1.29, 1.82) is 0 Å². The largest absolute Gasteiger partial charge is 0.572 e. The molecule has 0 radical (unpaired) electrons. The maximum Gasteiger partial charge on any atom is 0.572 e. The number of alkyl halides is 3. The average molecular weight is 538 g/mol. The van der Waals surface area contributed by atoms with E-state index in [0.29, 0.717) is 39.3 Å². The van der Waals surface area contributed by atoms with Crippen LogP contribution < -0.4 is 10.6 Å². The van der Waals surface area contributed by atoms with Gasteiger partial charge in [-0.3, -0.25) is 9.59 Å². The van der Waals surface area contributed by atoms with Crippen molar-refractivity contribution in [3.63, 3.8) is 0 Å². The van der Waals surface area contributed by atoms with Crippen LogP contribution in [0.1, 0.15) is 50.7 Å². The first-order chi connectivity index (χ1) is 17.9. The lowest BCUT2D eigenvalue weighted by atomic mass is 9.92. The van der Waals surface area contributed by atoms with Crippen molar-refractivity contribution >= 4 is 11.8 Å². The monoisotopic (exact) mass is 537 g/mol. The third-order valence-electron chi connectivity index (χ3n) is 6.91. The van der Waals surface area contributed by atoms with Crippen molar-refractivity contribution in [2.24, 2.45) is 11.8 Å². The lowest BCUT2D eigenvalue weighted by Gasteiger charge is -2.30. The van der Waals surface area contributed by atoms with Gasteiger partial charge in [0.05, 0.1) is 19.1 Å². The maximum atomic E-state index is 13.6. The first kappa shape index (κ1) is 29.5. The number of rotatable bonds is 10. The Hall–Kier alpha value is -3.01. The number of ether oxygens (including phenoxy) is 2. The highest BCUT2D eigenvalue weighted by atomic mass is 19.4. The highest BCUT2D eigenvalue weighted by Crippen LogP contribution is 2.30. The summed E-state index contributed by atoms with van der Waals surface area (Å²) in [5, 5.41) is 6.39. The van der Waals surface area contributed by atoms with Crippen LogP contribution in [0.25, 0.3) is 0 Å². The van der Waals surface area contributed by atoms with Gasteiger partial charge in [-0.2, -0.15) is 0 Å². The predicted octanol–water partition coefficient (Wildman–Crippen LogP) is 4.40. The Morgan fingerprint density at radius 2 is 1.79 bits per heavy atom. The number of morpholine rings is 1. The summed E-state index contributed by atoms with van der Waals surface area (Å²) in [6, 6.07) is 7.36. The van der Waals surface area contributed by atoms with Gasteiger partial charge < -0.3 is 25.0 Å². The molecule has 1 saturated heterocycles. The summed E-state index contributed by atoms with van der Waals surface area (Å²) < 4.78 is 47.2. The molecule has 0 saturated carbocycles. The Balaban J connectivity index is 1.68. The Morgan fingerprint density at radius 3 is 2.37 bits per heavy atom. The van der Waals surface area contributed by atoms with Crippen LogP contribution in [0.4, 0.5) is 13.2 Å². The number of carbonyl (C=O) groups is 2. The number of nitrogens with zero attached hydrogens (tertiary/aromatic N) is 1. The van der Waals surface area contributed by atoms with Crippen molar-refractivity contribution in [2.75, 3.05) is 32.8 Å². The Labute approximate surface area is 222 Å². The van der Waals surface area contributed by atoms with Crippen molar-refractivity contribution in [1.82, 2.24) is 15.5 Å². The van der Waals surface area contributed by atoms with Crippen LogP contribution in [0.2, 0.25) is 0 Å². The number of amides is 2. The molecule has 1 aromatic carbocycles. The van der Waals surface area contributed by atoms with Gasteiger partial charge in [-0.1, -0.05) is 50.6 Å². The van der Waals surface area contributed by atoms with Crippen LogP contribution in [0.5, 0.6) is 0 Å². The first-order valence-corrected chi connectivity index (χ1v) is 13.1. The summed E-state index contributed by atoms with van der Waals surface area (Å²) in [5.74, 6) is -1.45. The van der Waals surface area contributed by atoms with Crippen LogP contribution in [0.15, 0.2) is 47.9 Å². The number of hydrogen-bond acceptors (Lipinski definition) is 5. The Kier molecular flexibility index (Phi) is 10.2. The minimum Gasteiger partial charge on any atom is -0.410 e. The summed E-state index contributed by atoms with van der Waals surface area (Å²) in [6.07, 6.45) is -1.39. The van der Waals surface area contributed by atoms with Crippen molar-refractivity contribution in [3.05, 3.63) is 59.0 Å². The zero-order chi connectivity index (χ0) is 27.9. The Morgan fingerprint density at radius 1 is 1.13 bits per heavy atom. The predicted molar refractivity (Wildman–Crippen MR) is 138 cm³/mol. The van der Waals surface area contributed by atoms with Crippen molar-refractivity contribution in [2.45, 2.75) is 58.9 Å². The molecule has 3 atom stereocenters. The second-order valence-electron chi connectivity index (χ2n) is 10.3. The summed E-state index contributed by atoms with van der Waals surface area (Å²) in [4.78, 5) is 28.3. The van der Waals surface area contributed by atoms with Crippen LogP contribution >= 0.6 is 0 Å². The summed E-state index contributed by atoms with van der Waals surface area (Å²) in [6.45, 7) is 10.00. The molecule has 1 unspecified atom stereocenters. The van der Waals surface area contributed by atoms with E-state index >= 15 is 0 Å². The molecule has 0 bridgehead atoms. The number of halogens is 3. The zero-order valence-electron chi connectivity index (χ0n) is 22.4. The molecule has 1 fully saturated rings. The number of carbonyl (C=O) groups excluding carboxylic acids is 2. The lowest BCUT2D eigenvalue weighted by Crippen LogP contribution is -2.48. The van der Waals surface area contributed by atoms with Gasteiger partial charge in [0.15, 0.2) is 0 Å². The van der Waals surface area contributed by atoms with E-state index in [9.17, 15) is 22.8 Å². The summed E-state index contributed by atoms with van der Waals surface area (Å²) in [7, 11) is 0. The number of allylic oxidation sites excluding steroid dienone is 4. The van der Waals surface area contributed by atoms with E-state index in [0.717, 1.165) is 16.8 Å². The van der Waals surface area contributed by atoms with Gasteiger partial charge in [0.2, 0.25) is 11.8 Å². The van der Waals surface area contributed by atoms with E-state index in [4.69, 9.17) is 4.74 Å². The van der Waals surface area contributed by atoms with Gasteiger partial charge in [0.1, 0.15) is 5.76 Å². The fourth-order valence-corrected chi connectivity index (χ4v) is 4.50. The molecule has 0 aromatic heterocycles. The summed E-state index contributed by atoms with van der Waals surface area (Å²) in [5.41, 5.74) is 2.60. The lowest BCUT2D eigenvalue weighted by molar-refractivity contribution is -0.308. The third-order valence-corrected chi connectivity index (χ3v) is 6.91. The van der Waals surface area contributed by atoms with Gasteiger partial charge in [-0.05, 0) is 37.0 Å². The van der Waals surface area contributed by atoms with Gasteiger partial charge in [-0.15, -0.1) is 13.2 Å². The minimum absolute atomic E-state index is 0.0581. The molecule has 2 aliphatic rings. The van der Waals surface area contributed by atoms with Crippen LogP contribution in [-0.2, 0) is 19.1 Å². The molecule has 38 heavy (non-hydrogen) atoms. The highest BCUT2D eigenvalue weighted by Gasteiger charge is 2.34. The van der Waals surface area contributed by atoms with Gasteiger partial charge >= 0.3 is 6.36 Å². The van der Waals surface area contributed by atoms with E-state index < -0.39 is 18.2 Å². The third kappa shape index (κ3) is 8.79. The number of hydrogen-bond donors (Lipinski definition) is 2. The molecule has 0 spiro atoms. The smallest absolute Gasteiger partial charge is 0.410 e. The number of nitrogens with one attached hydrogen (secondary N) is 2. The molecule has 1 aromatic rings. The molecule has 1 heterocycles. The van der Waals surface area contributed by atoms with Crippen LogP contribution in [0, 0.1) is 18.8 Å². The molecule has 2 amide bonds. The highest BCUT2D eigenvalue weighted by molar-refractivity contribution is 5.90. The van der Waals surface area contributed by atoms with Crippen LogP contribution in [0.3, 0.4) is 0 Å². The molecule has 210 valence electrons. The molecule has 1 aliphatic heterocycles. The molecular weight excluding hydrogens is 499 g/mol. The summed E-state index contributed by atoms with van der Waals surface area (Å²) >= 11 is 0. The second-order valence-corrected chi connectivity index (χ2v) is 10.3. The standard InChI is InChI=1S/C28H38F3N3O4/c1-18(2)24(17-32-22-9-10-25(20(4)15-22)38-28(29,30)31)33-27(36)23(21-7-5-19(3)6-8-21)16-26(35)34-11-13-37-14-12-34/h5-10,18,20,23-24,32H,11-17H2,1-4H3,(H,33,36)/t20?,23-,24+/m0/s1. The van der Waals surface area contributed by atoms with Gasteiger partial charge in [0, 0.05) is 43.7 Å². The second kappa shape index (κ2) is 13.2. The Bertz CT molecular complexity index is 1020. The number of aryl methyl sites for hydroxylation is 1. The number of benzene rings is 1. The quantitative estimate of drug-likeness (QED) is 0.463. The topological polar surface area (TPSA) is 79.9 Å². The normalized spacial score (nSPS) is 19.8. The van der Waals surface area contributed by atoms with E-state index in [1.54, 1.807) is 17.9 Å². The maximum absolute atomic E-state index is 13.6. The molecule has 10 heteroatoms. The molecular formula is C28H38F3N3O4.